The normalized spacial score (nSPS) is 10.9. The number of thioether (sulfide) groups is 1. The van der Waals surface area contributed by atoms with Crippen molar-refractivity contribution in [2.75, 3.05) is 0 Å². The predicted molar refractivity (Wildman–Crippen MR) is 84.7 cm³/mol. The third-order valence-corrected chi connectivity index (χ3v) is 5.34. The molecule has 0 radical (unpaired) electrons. The van der Waals surface area contributed by atoms with E-state index >= 15 is 0 Å². The molecule has 0 aliphatic rings. The average molecular weight is 318 g/mol. The molecule has 0 atom stereocenters. The van der Waals surface area contributed by atoms with Crippen LogP contribution in [0.5, 0.6) is 0 Å². The van der Waals surface area contributed by atoms with E-state index in [1.54, 1.807) is 11.3 Å². The molecule has 3 rings (SSSR count). The van der Waals surface area contributed by atoms with Crippen molar-refractivity contribution in [3.8, 4) is 0 Å². The van der Waals surface area contributed by atoms with Gasteiger partial charge in [0.25, 0.3) is 0 Å². The van der Waals surface area contributed by atoms with E-state index in [4.69, 9.17) is 5.11 Å². The van der Waals surface area contributed by atoms with E-state index in [9.17, 15) is 9.18 Å². The number of rotatable bonds is 4. The second-order valence-corrected chi connectivity index (χ2v) is 6.39. The number of fused-ring (bicyclic) bond motifs is 1. The van der Waals surface area contributed by atoms with Crippen molar-refractivity contribution in [1.82, 2.24) is 0 Å². The highest BCUT2D eigenvalue weighted by molar-refractivity contribution is 7.98. The predicted octanol–water partition coefficient (Wildman–Crippen LogP) is 5.03. The second-order valence-electron chi connectivity index (χ2n) is 4.45. The summed E-state index contributed by atoms with van der Waals surface area (Å²) >= 11 is 3.09. The van der Waals surface area contributed by atoms with Gasteiger partial charge in [-0.2, -0.15) is 0 Å². The lowest BCUT2D eigenvalue weighted by atomic mass is 10.1. The summed E-state index contributed by atoms with van der Waals surface area (Å²) in [7, 11) is 0. The number of halogens is 1. The minimum absolute atomic E-state index is 0.0286. The summed E-state index contributed by atoms with van der Waals surface area (Å²) in [6.07, 6.45) is 0. The molecule has 0 aliphatic carbocycles. The van der Waals surface area contributed by atoms with Crippen molar-refractivity contribution in [1.29, 1.82) is 0 Å². The zero-order valence-electron chi connectivity index (χ0n) is 10.9. The van der Waals surface area contributed by atoms with Gasteiger partial charge in [0.05, 0.1) is 5.56 Å². The summed E-state index contributed by atoms with van der Waals surface area (Å²) in [4.78, 5) is 12.2. The molecule has 1 heterocycles. The van der Waals surface area contributed by atoms with Crippen LogP contribution in [0.2, 0.25) is 0 Å². The van der Waals surface area contributed by atoms with Crippen LogP contribution < -0.4 is 0 Å². The Bertz CT molecular complexity index is 811. The quantitative estimate of drug-likeness (QED) is 0.685. The molecule has 0 saturated carbocycles. The molecule has 106 valence electrons. The fourth-order valence-electron chi connectivity index (χ4n) is 2.13. The van der Waals surface area contributed by atoms with Crippen molar-refractivity contribution in [3.05, 3.63) is 64.8 Å². The maximum Gasteiger partial charge on any atom is 0.336 e. The van der Waals surface area contributed by atoms with Crippen LogP contribution in [0.3, 0.4) is 0 Å². The minimum Gasteiger partial charge on any atom is -0.478 e. The Morgan fingerprint density at radius 1 is 1.19 bits per heavy atom. The SMILES string of the molecule is O=C(O)c1cccc(F)c1CSc1cccc2ccsc12. The Kier molecular flexibility index (Phi) is 3.94. The van der Waals surface area contributed by atoms with Gasteiger partial charge in [0.15, 0.2) is 0 Å². The molecule has 5 heteroatoms. The van der Waals surface area contributed by atoms with Crippen molar-refractivity contribution in [3.63, 3.8) is 0 Å². The second kappa shape index (κ2) is 5.87. The highest BCUT2D eigenvalue weighted by Gasteiger charge is 2.15. The molecule has 21 heavy (non-hydrogen) atoms. The fourth-order valence-corrected chi connectivity index (χ4v) is 4.28. The number of hydrogen-bond donors (Lipinski definition) is 1. The van der Waals surface area contributed by atoms with Gasteiger partial charge in [-0.05, 0) is 35.0 Å². The molecule has 0 aliphatic heterocycles. The van der Waals surface area contributed by atoms with Crippen LogP contribution in [0.25, 0.3) is 10.1 Å². The summed E-state index contributed by atoms with van der Waals surface area (Å²) in [6.45, 7) is 0. The Balaban J connectivity index is 1.92. The average Bonchev–Trinajstić information content (AvgIpc) is 2.94. The highest BCUT2D eigenvalue weighted by atomic mass is 32.2. The fraction of sp³-hybridized carbons (Fsp3) is 0.0625. The number of aromatic carboxylic acids is 1. The standard InChI is InChI=1S/C16H11FO2S2/c17-13-5-2-4-11(16(18)19)12(13)9-21-14-6-1-3-10-7-8-20-15(10)14/h1-8H,9H2,(H,18,19). The van der Waals surface area contributed by atoms with E-state index in [1.807, 2.05) is 29.6 Å². The maximum atomic E-state index is 13.9. The molecule has 0 saturated heterocycles. The van der Waals surface area contributed by atoms with Gasteiger partial charge in [-0.1, -0.05) is 18.2 Å². The Morgan fingerprint density at radius 3 is 2.81 bits per heavy atom. The smallest absolute Gasteiger partial charge is 0.336 e. The van der Waals surface area contributed by atoms with Gasteiger partial charge in [0.2, 0.25) is 0 Å². The maximum absolute atomic E-state index is 13.9. The third-order valence-electron chi connectivity index (χ3n) is 3.16. The van der Waals surface area contributed by atoms with E-state index in [1.165, 1.54) is 30.0 Å². The molecule has 0 amide bonds. The van der Waals surface area contributed by atoms with E-state index in [0.717, 1.165) is 15.0 Å². The Morgan fingerprint density at radius 2 is 2.00 bits per heavy atom. The zero-order valence-corrected chi connectivity index (χ0v) is 12.5. The lowest BCUT2D eigenvalue weighted by Crippen LogP contribution is -2.03. The van der Waals surface area contributed by atoms with E-state index < -0.39 is 11.8 Å². The molecular formula is C16H11FO2S2. The number of benzene rings is 2. The molecule has 0 bridgehead atoms. The lowest BCUT2D eigenvalue weighted by Gasteiger charge is -2.08. The van der Waals surface area contributed by atoms with Crippen molar-refractivity contribution in [2.45, 2.75) is 10.6 Å². The minimum atomic E-state index is -1.10. The van der Waals surface area contributed by atoms with E-state index in [-0.39, 0.29) is 11.1 Å². The van der Waals surface area contributed by atoms with E-state index in [2.05, 4.69) is 0 Å². The van der Waals surface area contributed by atoms with Crippen LogP contribution in [0.4, 0.5) is 4.39 Å². The van der Waals surface area contributed by atoms with Crippen LogP contribution in [-0.2, 0) is 5.75 Å². The largest absolute Gasteiger partial charge is 0.478 e. The molecule has 0 spiro atoms. The van der Waals surface area contributed by atoms with Gasteiger partial charge < -0.3 is 5.11 Å². The molecule has 2 aromatic carbocycles. The number of thiophene rings is 1. The number of hydrogen-bond acceptors (Lipinski definition) is 3. The number of carboxylic acid groups (broad SMARTS) is 1. The molecule has 2 nitrogen and oxygen atoms in total. The number of carbonyl (C=O) groups is 1. The van der Waals surface area contributed by atoms with Crippen LogP contribution in [-0.4, -0.2) is 11.1 Å². The first-order chi connectivity index (χ1) is 10.2. The van der Waals surface area contributed by atoms with Crippen molar-refractivity contribution >= 4 is 39.2 Å². The van der Waals surface area contributed by atoms with Gasteiger partial charge in [-0.25, -0.2) is 9.18 Å². The van der Waals surface area contributed by atoms with Gasteiger partial charge in [-0.15, -0.1) is 23.1 Å². The number of carboxylic acids is 1. The zero-order chi connectivity index (χ0) is 14.8. The third kappa shape index (κ3) is 2.80. The van der Waals surface area contributed by atoms with Crippen molar-refractivity contribution < 1.29 is 14.3 Å². The first-order valence-corrected chi connectivity index (χ1v) is 8.13. The first kappa shape index (κ1) is 14.1. The molecule has 0 unspecified atom stereocenters. The van der Waals surface area contributed by atoms with Crippen LogP contribution in [0.1, 0.15) is 15.9 Å². The first-order valence-electron chi connectivity index (χ1n) is 6.26. The molecule has 3 aromatic rings. The summed E-state index contributed by atoms with van der Waals surface area (Å²) in [5.41, 5.74) is 0.268. The highest BCUT2D eigenvalue weighted by Crippen LogP contribution is 2.34. The van der Waals surface area contributed by atoms with Crippen molar-refractivity contribution in [2.24, 2.45) is 0 Å². The van der Waals surface area contributed by atoms with Gasteiger partial charge in [0, 0.05) is 20.9 Å². The topological polar surface area (TPSA) is 37.3 Å². The van der Waals surface area contributed by atoms with Crippen LogP contribution >= 0.6 is 23.1 Å². The summed E-state index contributed by atoms with van der Waals surface area (Å²) in [6, 6.07) is 12.2. The summed E-state index contributed by atoms with van der Waals surface area (Å²) in [5.74, 6) is -1.27. The molecular weight excluding hydrogens is 307 g/mol. The monoisotopic (exact) mass is 318 g/mol. The Labute approximate surface area is 129 Å². The molecule has 1 N–H and O–H groups in total. The molecule has 0 fully saturated rings. The molecule has 1 aromatic heterocycles. The van der Waals surface area contributed by atoms with Gasteiger partial charge in [0.1, 0.15) is 5.82 Å². The summed E-state index contributed by atoms with van der Waals surface area (Å²) in [5, 5.41) is 12.3. The summed E-state index contributed by atoms with van der Waals surface area (Å²) < 4.78 is 15.0. The van der Waals surface area contributed by atoms with Crippen LogP contribution in [0.15, 0.2) is 52.7 Å². The van der Waals surface area contributed by atoms with E-state index in [0.29, 0.717) is 5.75 Å². The van der Waals surface area contributed by atoms with Crippen LogP contribution in [0, 0.1) is 5.82 Å². The lowest BCUT2D eigenvalue weighted by molar-refractivity contribution is 0.0695. The van der Waals surface area contributed by atoms with Gasteiger partial charge >= 0.3 is 5.97 Å². The van der Waals surface area contributed by atoms with Gasteiger partial charge in [-0.3, -0.25) is 0 Å². The Hall–Kier alpha value is -1.85.